The van der Waals surface area contributed by atoms with Gasteiger partial charge < -0.3 is 20.1 Å². The van der Waals surface area contributed by atoms with Crippen molar-refractivity contribution >= 4 is 27.5 Å². The Hall–Kier alpha value is -2.95. The van der Waals surface area contributed by atoms with Gasteiger partial charge in [0.2, 0.25) is 21.8 Å². The first kappa shape index (κ1) is 31.0. The Morgan fingerprint density at radius 2 is 1.83 bits per heavy atom. The molecule has 2 aromatic rings. The van der Waals surface area contributed by atoms with E-state index in [4.69, 9.17) is 4.74 Å². The van der Waals surface area contributed by atoms with Crippen LogP contribution in [0.25, 0.3) is 0 Å². The molecule has 2 amide bonds. The van der Waals surface area contributed by atoms with Gasteiger partial charge >= 0.3 is 0 Å². The summed E-state index contributed by atoms with van der Waals surface area (Å²) in [6.45, 7) is 5.77. The number of fused-ring (bicyclic) bond motifs is 1. The summed E-state index contributed by atoms with van der Waals surface area (Å²) in [5.41, 5.74) is 2.17. The Morgan fingerprint density at radius 3 is 2.49 bits per heavy atom. The molecule has 0 spiro atoms. The van der Waals surface area contributed by atoms with Crippen LogP contribution in [-0.2, 0) is 26.0 Å². The number of nitrogens with one attached hydrogen (secondary N) is 1. The van der Waals surface area contributed by atoms with E-state index in [1.807, 2.05) is 13.8 Å². The van der Waals surface area contributed by atoms with Crippen LogP contribution >= 0.6 is 0 Å². The van der Waals surface area contributed by atoms with Crippen LogP contribution in [0, 0.1) is 18.8 Å². The summed E-state index contributed by atoms with van der Waals surface area (Å²) in [6, 6.07) is 11.6. The summed E-state index contributed by atoms with van der Waals surface area (Å²) in [5.74, 6) is 0.0416. The first-order chi connectivity index (χ1) is 19.5. The van der Waals surface area contributed by atoms with Crippen molar-refractivity contribution < 1.29 is 27.9 Å². The topological polar surface area (TPSA) is 116 Å². The van der Waals surface area contributed by atoms with Gasteiger partial charge in [0.1, 0.15) is 11.9 Å². The number of aliphatic hydroxyl groups excluding tert-OH is 1. The number of amides is 2. The lowest BCUT2D eigenvalue weighted by Gasteiger charge is -2.33. The van der Waals surface area contributed by atoms with Crippen molar-refractivity contribution in [1.82, 2.24) is 9.21 Å². The van der Waals surface area contributed by atoms with Gasteiger partial charge in [0, 0.05) is 36.7 Å². The van der Waals surface area contributed by atoms with Crippen molar-refractivity contribution in [2.24, 2.45) is 11.8 Å². The average Bonchev–Trinajstić information content (AvgIpc) is 3.00. The van der Waals surface area contributed by atoms with Gasteiger partial charge in [-0.15, -0.1) is 0 Å². The van der Waals surface area contributed by atoms with Crippen LogP contribution in [0.5, 0.6) is 5.75 Å². The molecule has 2 aliphatic rings. The lowest BCUT2D eigenvalue weighted by molar-refractivity contribution is -0.134. The van der Waals surface area contributed by atoms with Crippen LogP contribution in [0.2, 0.25) is 0 Å². The predicted octanol–water partition coefficient (Wildman–Crippen LogP) is 3.98. The van der Waals surface area contributed by atoms with Crippen molar-refractivity contribution in [1.29, 1.82) is 0 Å². The van der Waals surface area contributed by atoms with E-state index in [0.717, 1.165) is 37.7 Å². The first-order valence-electron chi connectivity index (χ1n) is 14.5. The number of aryl methyl sites for hydroxylation is 1. The van der Waals surface area contributed by atoms with E-state index in [1.165, 1.54) is 11.4 Å². The summed E-state index contributed by atoms with van der Waals surface area (Å²) >= 11 is 0. The van der Waals surface area contributed by atoms with Gasteiger partial charge in [0.25, 0.3) is 0 Å². The Bertz CT molecular complexity index is 1320. The van der Waals surface area contributed by atoms with Crippen molar-refractivity contribution in [3.05, 3.63) is 53.6 Å². The molecule has 1 fully saturated rings. The molecule has 0 aromatic heterocycles. The molecule has 2 aromatic carbocycles. The largest absolute Gasteiger partial charge is 0.488 e. The van der Waals surface area contributed by atoms with Gasteiger partial charge in [0.05, 0.1) is 30.5 Å². The molecular formula is C31H43N3O6S. The smallest absolute Gasteiger partial charge is 0.242 e. The van der Waals surface area contributed by atoms with Crippen molar-refractivity contribution in [3.8, 4) is 5.75 Å². The fraction of sp³-hybridized carbons (Fsp3) is 0.548. The molecule has 1 heterocycles. The minimum Gasteiger partial charge on any atom is -0.488 e. The summed E-state index contributed by atoms with van der Waals surface area (Å²) in [4.78, 5) is 28.2. The third-order valence-corrected chi connectivity index (χ3v) is 10.2. The zero-order valence-electron chi connectivity index (χ0n) is 24.5. The SMILES string of the molecule is Cc1ccc(S(=O)(=O)N(C)C[C@H]2Oc3ccc(NC(=O)C4CCCCC4)cc3CC(=O)N([C@H](C)CO)C[C@@H]2C)cc1. The number of carbonyl (C=O) groups is 2. The van der Waals surface area contributed by atoms with E-state index in [2.05, 4.69) is 5.32 Å². The number of likely N-dealkylation sites (N-methyl/N-ethyl adjacent to an activating group) is 1. The number of rotatable bonds is 8. The minimum absolute atomic E-state index is 0.00933. The average molecular weight is 586 g/mol. The van der Waals surface area contributed by atoms with E-state index in [-0.39, 0.29) is 48.1 Å². The third kappa shape index (κ3) is 7.47. The van der Waals surface area contributed by atoms with E-state index in [9.17, 15) is 23.1 Å². The number of aliphatic hydroxyl groups is 1. The van der Waals surface area contributed by atoms with Crippen LogP contribution in [0.1, 0.15) is 57.1 Å². The molecule has 4 rings (SSSR count). The molecule has 1 aliphatic heterocycles. The second kappa shape index (κ2) is 13.4. The fourth-order valence-electron chi connectivity index (χ4n) is 5.58. The standard InChI is InChI=1S/C31H43N3O6S/c1-21-10-13-27(14-11-21)41(38,39)33(4)19-29-22(2)18-34(23(3)20-35)30(36)17-25-16-26(12-15-28(25)40-29)32-31(37)24-8-6-5-7-9-24/h10-16,22-24,29,35H,5-9,17-20H2,1-4H3,(H,32,37)/t22-,23+,29+/m0/s1. The Labute approximate surface area is 243 Å². The third-order valence-electron chi connectivity index (χ3n) is 8.33. The second-order valence-electron chi connectivity index (χ2n) is 11.6. The normalized spacial score (nSPS) is 21.3. The van der Waals surface area contributed by atoms with Gasteiger partial charge in [-0.1, -0.05) is 43.9 Å². The minimum atomic E-state index is -3.78. The molecule has 0 saturated heterocycles. The predicted molar refractivity (Wildman–Crippen MR) is 158 cm³/mol. The van der Waals surface area contributed by atoms with E-state index < -0.39 is 22.2 Å². The Balaban J connectivity index is 1.62. The Kier molecular flexibility index (Phi) is 10.1. The van der Waals surface area contributed by atoms with Crippen LogP contribution in [-0.4, -0.2) is 73.4 Å². The van der Waals surface area contributed by atoms with Crippen molar-refractivity contribution in [2.45, 2.75) is 76.3 Å². The summed E-state index contributed by atoms with van der Waals surface area (Å²) in [5, 5.41) is 12.9. The molecule has 41 heavy (non-hydrogen) atoms. The summed E-state index contributed by atoms with van der Waals surface area (Å²) in [7, 11) is -2.25. The van der Waals surface area contributed by atoms with E-state index in [0.29, 0.717) is 23.5 Å². The van der Waals surface area contributed by atoms with Crippen LogP contribution < -0.4 is 10.1 Å². The highest BCUT2D eigenvalue weighted by Gasteiger charge is 2.33. The lowest BCUT2D eigenvalue weighted by Crippen LogP contribution is -2.48. The van der Waals surface area contributed by atoms with Crippen LogP contribution in [0.3, 0.4) is 0 Å². The zero-order valence-corrected chi connectivity index (χ0v) is 25.3. The molecule has 0 radical (unpaired) electrons. The van der Waals surface area contributed by atoms with Gasteiger partial charge in [-0.3, -0.25) is 9.59 Å². The highest BCUT2D eigenvalue weighted by Crippen LogP contribution is 2.31. The molecular weight excluding hydrogens is 542 g/mol. The summed E-state index contributed by atoms with van der Waals surface area (Å²) < 4.78 is 34.5. The molecule has 1 saturated carbocycles. The first-order valence-corrected chi connectivity index (χ1v) is 16.0. The molecule has 3 atom stereocenters. The number of sulfonamides is 1. The number of hydrogen-bond donors (Lipinski definition) is 2. The van der Waals surface area contributed by atoms with E-state index in [1.54, 1.807) is 54.3 Å². The maximum absolute atomic E-state index is 13.5. The highest BCUT2D eigenvalue weighted by atomic mass is 32.2. The van der Waals surface area contributed by atoms with Crippen molar-refractivity contribution in [3.63, 3.8) is 0 Å². The molecule has 0 bridgehead atoms. The fourth-order valence-corrected chi connectivity index (χ4v) is 6.76. The van der Waals surface area contributed by atoms with Crippen LogP contribution in [0.4, 0.5) is 5.69 Å². The van der Waals surface area contributed by atoms with Gasteiger partial charge in [-0.25, -0.2) is 8.42 Å². The molecule has 2 N–H and O–H groups in total. The van der Waals surface area contributed by atoms with Gasteiger partial charge in [-0.05, 0) is 57.0 Å². The maximum Gasteiger partial charge on any atom is 0.242 e. The monoisotopic (exact) mass is 585 g/mol. The van der Waals surface area contributed by atoms with Gasteiger partial charge in [-0.2, -0.15) is 4.31 Å². The zero-order chi connectivity index (χ0) is 29.7. The van der Waals surface area contributed by atoms with Crippen molar-refractivity contribution in [2.75, 3.05) is 32.1 Å². The Morgan fingerprint density at radius 1 is 1.15 bits per heavy atom. The number of ether oxygens (including phenoxy) is 1. The number of hydrogen-bond acceptors (Lipinski definition) is 6. The number of nitrogens with zero attached hydrogens (tertiary/aromatic N) is 2. The highest BCUT2D eigenvalue weighted by molar-refractivity contribution is 7.89. The number of benzene rings is 2. The van der Waals surface area contributed by atoms with E-state index >= 15 is 0 Å². The second-order valence-corrected chi connectivity index (χ2v) is 13.7. The number of anilines is 1. The number of carbonyl (C=O) groups excluding carboxylic acids is 2. The molecule has 10 heteroatoms. The quantitative estimate of drug-likeness (QED) is 0.484. The molecule has 0 unspecified atom stereocenters. The maximum atomic E-state index is 13.5. The van der Waals surface area contributed by atoms with Gasteiger partial charge in [0.15, 0.2) is 0 Å². The summed E-state index contributed by atoms with van der Waals surface area (Å²) in [6.07, 6.45) is 4.47. The van der Waals surface area contributed by atoms with Crippen LogP contribution in [0.15, 0.2) is 47.4 Å². The lowest BCUT2D eigenvalue weighted by atomic mass is 9.88. The molecule has 224 valence electrons. The molecule has 9 nitrogen and oxygen atoms in total. The molecule has 1 aliphatic carbocycles.